The molecule has 7 heteroatoms. The number of methoxy groups -OCH3 is 2. The summed E-state index contributed by atoms with van der Waals surface area (Å²) in [7, 11) is 3.09. The van der Waals surface area contributed by atoms with Gasteiger partial charge in [0.05, 0.1) is 19.8 Å². The fourth-order valence-corrected chi connectivity index (χ4v) is 2.31. The van der Waals surface area contributed by atoms with E-state index in [1.807, 2.05) is 0 Å². The zero-order valence-corrected chi connectivity index (χ0v) is 15.0. The number of esters is 1. The fourth-order valence-electron chi connectivity index (χ4n) is 2.31. The Morgan fingerprint density at radius 1 is 1.08 bits per heavy atom. The van der Waals surface area contributed by atoms with Crippen molar-refractivity contribution in [2.24, 2.45) is 0 Å². The van der Waals surface area contributed by atoms with E-state index >= 15 is 0 Å². The Balaban J connectivity index is 1.87. The maximum absolute atomic E-state index is 12.0. The van der Waals surface area contributed by atoms with Gasteiger partial charge in [0.25, 0.3) is 5.91 Å². The highest BCUT2D eigenvalue weighted by atomic mass is 16.5. The van der Waals surface area contributed by atoms with E-state index in [0.717, 1.165) is 11.1 Å². The molecule has 0 spiro atoms. The minimum Gasteiger partial charge on any atom is -0.493 e. The van der Waals surface area contributed by atoms with E-state index in [1.165, 1.54) is 7.11 Å². The Bertz CT molecular complexity index is 805. The predicted molar refractivity (Wildman–Crippen MR) is 97.3 cm³/mol. The molecular formula is C19H22N2O5. The van der Waals surface area contributed by atoms with Crippen molar-refractivity contribution in [3.05, 3.63) is 53.1 Å². The van der Waals surface area contributed by atoms with Gasteiger partial charge in [0.2, 0.25) is 0 Å². The second kappa shape index (κ2) is 8.75. The van der Waals surface area contributed by atoms with Crippen molar-refractivity contribution in [1.29, 1.82) is 0 Å². The number of nitrogens with two attached hydrogens (primary N) is 1. The second-order valence-electron chi connectivity index (χ2n) is 5.58. The van der Waals surface area contributed by atoms with Gasteiger partial charge in [0.1, 0.15) is 0 Å². The van der Waals surface area contributed by atoms with Crippen LogP contribution in [0, 0.1) is 6.92 Å². The lowest BCUT2D eigenvalue weighted by molar-refractivity contribution is -0.124. The number of carbonyl (C=O) groups is 2. The minimum absolute atomic E-state index is 0.248. The average Bonchev–Trinajstić information content (AvgIpc) is 2.66. The van der Waals surface area contributed by atoms with Crippen LogP contribution in [0.25, 0.3) is 0 Å². The number of nitrogen functional groups attached to an aromatic ring is 1. The van der Waals surface area contributed by atoms with Gasteiger partial charge in [-0.1, -0.05) is 18.2 Å². The first-order chi connectivity index (χ1) is 12.5. The molecule has 0 aromatic heterocycles. The zero-order valence-electron chi connectivity index (χ0n) is 15.0. The van der Waals surface area contributed by atoms with E-state index in [0.29, 0.717) is 17.2 Å². The molecule has 3 N–H and O–H groups in total. The van der Waals surface area contributed by atoms with Crippen LogP contribution in [0.2, 0.25) is 0 Å². The van der Waals surface area contributed by atoms with E-state index in [-0.39, 0.29) is 18.7 Å². The average molecular weight is 358 g/mol. The molecule has 0 saturated heterocycles. The number of nitrogens with one attached hydrogen (secondary N) is 1. The molecule has 0 aliphatic carbocycles. The van der Waals surface area contributed by atoms with Crippen LogP contribution in [0.1, 0.15) is 21.5 Å². The molecule has 0 atom stereocenters. The smallest absolute Gasteiger partial charge is 0.340 e. The molecule has 7 nitrogen and oxygen atoms in total. The van der Waals surface area contributed by atoms with Gasteiger partial charge in [-0.3, -0.25) is 4.79 Å². The first-order valence-electron chi connectivity index (χ1n) is 7.96. The quantitative estimate of drug-likeness (QED) is 0.581. The molecule has 2 aromatic rings. The molecule has 0 aliphatic rings. The standard InChI is InChI=1S/C19H22N2O5/c1-12-5-4-6-14(18(12)20)19(23)26-11-17(22)21-10-13-7-8-15(24-2)16(9-13)25-3/h4-9H,10-11,20H2,1-3H3,(H,21,22). The highest BCUT2D eigenvalue weighted by molar-refractivity contribution is 5.96. The number of benzene rings is 2. The van der Waals surface area contributed by atoms with E-state index in [1.54, 1.807) is 50.4 Å². The summed E-state index contributed by atoms with van der Waals surface area (Å²) in [6, 6.07) is 10.4. The highest BCUT2D eigenvalue weighted by Gasteiger charge is 2.14. The van der Waals surface area contributed by atoms with Crippen LogP contribution in [-0.4, -0.2) is 32.7 Å². The summed E-state index contributed by atoms with van der Waals surface area (Å²) in [4.78, 5) is 23.9. The monoisotopic (exact) mass is 358 g/mol. The van der Waals surface area contributed by atoms with Gasteiger partial charge in [-0.25, -0.2) is 4.79 Å². The first-order valence-corrected chi connectivity index (χ1v) is 7.96. The summed E-state index contributed by atoms with van der Waals surface area (Å²) in [6.07, 6.45) is 0. The molecule has 0 heterocycles. The Morgan fingerprint density at radius 3 is 2.50 bits per heavy atom. The third-order valence-electron chi connectivity index (χ3n) is 3.82. The van der Waals surface area contributed by atoms with Gasteiger partial charge in [0, 0.05) is 12.2 Å². The summed E-state index contributed by atoms with van der Waals surface area (Å²) in [5, 5.41) is 2.68. The number of amides is 1. The Kier molecular flexibility index (Phi) is 6.43. The molecule has 0 bridgehead atoms. The summed E-state index contributed by atoms with van der Waals surface area (Å²) < 4.78 is 15.4. The molecule has 0 radical (unpaired) electrons. The summed E-state index contributed by atoms with van der Waals surface area (Å²) in [5.41, 5.74) is 8.05. The SMILES string of the molecule is COc1ccc(CNC(=O)COC(=O)c2cccc(C)c2N)cc1OC. The molecule has 0 fully saturated rings. The van der Waals surface area contributed by atoms with Crippen molar-refractivity contribution in [3.63, 3.8) is 0 Å². The van der Waals surface area contributed by atoms with E-state index in [9.17, 15) is 9.59 Å². The van der Waals surface area contributed by atoms with E-state index in [4.69, 9.17) is 19.9 Å². The number of para-hydroxylation sites is 1. The lowest BCUT2D eigenvalue weighted by atomic mass is 10.1. The molecule has 1 amide bonds. The second-order valence-corrected chi connectivity index (χ2v) is 5.58. The Morgan fingerprint density at radius 2 is 1.81 bits per heavy atom. The zero-order chi connectivity index (χ0) is 19.1. The van der Waals surface area contributed by atoms with Crippen LogP contribution in [0.15, 0.2) is 36.4 Å². The van der Waals surface area contributed by atoms with Crippen molar-refractivity contribution in [2.45, 2.75) is 13.5 Å². The lowest BCUT2D eigenvalue weighted by Gasteiger charge is -2.11. The predicted octanol–water partition coefficient (Wildman–Crippen LogP) is 2.07. The van der Waals surface area contributed by atoms with Crippen LogP contribution in [0.3, 0.4) is 0 Å². The van der Waals surface area contributed by atoms with Gasteiger partial charge in [-0.05, 0) is 36.2 Å². The molecule has 0 aliphatic heterocycles. The number of carbonyl (C=O) groups excluding carboxylic acids is 2. The third-order valence-corrected chi connectivity index (χ3v) is 3.82. The van der Waals surface area contributed by atoms with Gasteiger partial charge in [-0.2, -0.15) is 0 Å². The molecule has 26 heavy (non-hydrogen) atoms. The number of aryl methyl sites for hydroxylation is 1. The van der Waals surface area contributed by atoms with Crippen LogP contribution in [-0.2, 0) is 16.1 Å². The van der Waals surface area contributed by atoms with Crippen molar-refractivity contribution in [2.75, 3.05) is 26.6 Å². The molecule has 2 aromatic carbocycles. The largest absolute Gasteiger partial charge is 0.493 e. The van der Waals surface area contributed by atoms with Crippen molar-refractivity contribution < 1.29 is 23.8 Å². The van der Waals surface area contributed by atoms with Crippen molar-refractivity contribution in [1.82, 2.24) is 5.32 Å². The summed E-state index contributed by atoms with van der Waals surface area (Å²) in [5.74, 6) is 0.125. The lowest BCUT2D eigenvalue weighted by Crippen LogP contribution is -2.28. The Hall–Kier alpha value is -3.22. The van der Waals surface area contributed by atoms with Crippen LogP contribution < -0.4 is 20.5 Å². The molecule has 0 saturated carbocycles. The molecule has 2 rings (SSSR count). The van der Waals surface area contributed by atoms with Crippen LogP contribution in [0.5, 0.6) is 11.5 Å². The van der Waals surface area contributed by atoms with Gasteiger partial charge in [-0.15, -0.1) is 0 Å². The summed E-state index contributed by atoms with van der Waals surface area (Å²) >= 11 is 0. The van der Waals surface area contributed by atoms with Gasteiger partial charge >= 0.3 is 5.97 Å². The molecule has 0 unspecified atom stereocenters. The van der Waals surface area contributed by atoms with Crippen molar-refractivity contribution >= 4 is 17.6 Å². The van der Waals surface area contributed by atoms with Crippen LogP contribution >= 0.6 is 0 Å². The number of hydrogen-bond acceptors (Lipinski definition) is 6. The number of anilines is 1. The summed E-state index contributed by atoms with van der Waals surface area (Å²) in [6.45, 7) is 1.67. The van der Waals surface area contributed by atoms with Gasteiger partial charge < -0.3 is 25.3 Å². The minimum atomic E-state index is -0.632. The fraction of sp³-hybridized carbons (Fsp3) is 0.263. The highest BCUT2D eigenvalue weighted by Crippen LogP contribution is 2.27. The maximum atomic E-state index is 12.0. The topological polar surface area (TPSA) is 99.9 Å². The molecular weight excluding hydrogens is 336 g/mol. The number of rotatable bonds is 7. The number of ether oxygens (including phenoxy) is 3. The van der Waals surface area contributed by atoms with E-state index < -0.39 is 11.9 Å². The Labute approximate surface area is 152 Å². The first kappa shape index (κ1) is 19.1. The van der Waals surface area contributed by atoms with Gasteiger partial charge in [0.15, 0.2) is 18.1 Å². The van der Waals surface area contributed by atoms with E-state index in [2.05, 4.69) is 5.32 Å². The number of hydrogen-bond donors (Lipinski definition) is 2. The van der Waals surface area contributed by atoms with Crippen molar-refractivity contribution in [3.8, 4) is 11.5 Å². The maximum Gasteiger partial charge on any atom is 0.340 e. The normalized spacial score (nSPS) is 10.1. The van der Waals surface area contributed by atoms with Crippen LogP contribution in [0.4, 0.5) is 5.69 Å². The molecule has 138 valence electrons. The third kappa shape index (κ3) is 4.66.